The number of aromatic hydroxyl groups is 1. The van der Waals surface area contributed by atoms with E-state index in [4.69, 9.17) is 9.47 Å². The molecule has 0 saturated heterocycles. The summed E-state index contributed by atoms with van der Waals surface area (Å²) >= 11 is 0. The molecule has 2 N–H and O–H groups in total. The average molecular weight is 514 g/mol. The Labute approximate surface area is 212 Å². The molecule has 0 spiro atoms. The smallest absolute Gasteiger partial charge is 0.407 e. The minimum Gasteiger partial charge on any atom is -0.502 e. The first kappa shape index (κ1) is 27.0. The number of phenolic OH excluding ortho intramolecular Hbond substituents is 1. The third-order valence-corrected chi connectivity index (χ3v) is 5.10. The van der Waals surface area contributed by atoms with Crippen LogP contribution in [0.15, 0.2) is 34.3 Å². The molecule has 2 aliphatic rings. The van der Waals surface area contributed by atoms with Gasteiger partial charge in [-0.3, -0.25) is 30.2 Å². The SMILES string of the molecule is C[C@H](CNC(=O)OC(C)(C)C)Oc1cc2c(cc1[N+](=O)[O-])C=NC2.O=[N+]([O-])c1cc2c(cc1O)CN=C2. The zero-order valence-corrected chi connectivity index (χ0v) is 20.8. The van der Waals surface area contributed by atoms with Gasteiger partial charge in [-0.2, -0.15) is 0 Å². The van der Waals surface area contributed by atoms with Gasteiger partial charge in [0.25, 0.3) is 0 Å². The van der Waals surface area contributed by atoms with E-state index in [9.17, 15) is 30.1 Å². The maximum absolute atomic E-state index is 11.6. The number of carbonyl (C=O) groups is 1. The third-order valence-electron chi connectivity index (χ3n) is 5.10. The number of nitro groups is 2. The highest BCUT2D eigenvalue weighted by Crippen LogP contribution is 2.33. The van der Waals surface area contributed by atoms with Crippen molar-refractivity contribution in [3.8, 4) is 11.5 Å². The van der Waals surface area contributed by atoms with Crippen LogP contribution in [0.1, 0.15) is 49.9 Å². The highest BCUT2D eigenvalue weighted by molar-refractivity contribution is 5.87. The zero-order chi connectivity index (χ0) is 27.3. The first-order valence-electron chi connectivity index (χ1n) is 11.3. The molecule has 4 rings (SSSR count). The molecule has 2 aliphatic heterocycles. The first-order valence-corrected chi connectivity index (χ1v) is 11.3. The Morgan fingerprint density at radius 3 is 2.11 bits per heavy atom. The van der Waals surface area contributed by atoms with E-state index in [1.807, 2.05) is 0 Å². The van der Waals surface area contributed by atoms with Gasteiger partial charge in [-0.05, 0) is 51.0 Å². The molecule has 1 amide bonds. The number of carbonyl (C=O) groups excluding carboxylic acids is 1. The first-order chi connectivity index (χ1) is 17.3. The molecule has 0 unspecified atom stereocenters. The lowest BCUT2D eigenvalue weighted by atomic mass is 10.1. The van der Waals surface area contributed by atoms with Crippen LogP contribution in [-0.2, 0) is 17.8 Å². The highest BCUT2D eigenvalue weighted by atomic mass is 16.6. The molecule has 13 heteroatoms. The van der Waals surface area contributed by atoms with E-state index < -0.39 is 27.6 Å². The Kier molecular flexibility index (Phi) is 8.05. The summed E-state index contributed by atoms with van der Waals surface area (Å²) in [5.41, 5.74) is 2.16. The maximum Gasteiger partial charge on any atom is 0.407 e. The second kappa shape index (κ2) is 11.0. The molecule has 2 aromatic carbocycles. The van der Waals surface area contributed by atoms with E-state index in [0.29, 0.717) is 18.7 Å². The van der Waals surface area contributed by atoms with Gasteiger partial charge in [-0.25, -0.2) is 4.79 Å². The average Bonchev–Trinajstić information content (AvgIpc) is 3.44. The molecule has 0 fully saturated rings. The lowest BCUT2D eigenvalue weighted by Crippen LogP contribution is -2.37. The molecule has 37 heavy (non-hydrogen) atoms. The lowest BCUT2D eigenvalue weighted by Gasteiger charge is -2.21. The number of alkyl carbamates (subject to hydrolysis) is 1. The molecule has 2 aromatic rings. The number of rotatable bonds is 6. The van der Waals surface area contributed by atoms with Gasteiger partial charge in [-0.15, -0.1) is 0 Å². The summed E-state index contributed by atoms with van der Waals surface area (Å²) in [5, 5.41) is 33.5. The van der Waals surface area contributed by atoms with Crippen LogP contribution in [0.4, 0.5) is 16.2 Å². The third kappa shape index (κ3) is 7.22. The molecule has 1 atom stereocenters. The van der Waals surface area contributed by atoms with Crippen LogP contribution >= 0.6 is 0 Å². The van der Waals surface area contributed by atoms with Crippen LogP contribution in [0, 0.1) is 20.2 Å². The summed E-state index contributed by atoms with van der Waals surface area (Å²) in [5.74, 6) is -0.128. The molecular weight excluding hydrogens is 486 g/mol. The van der Waals surface area contributed by atoms with Gasteiger partial charge in [0.05, 0.1) is 29.5 Å². The Hall–Kier alpha value is -4.55. The highest BCUT2D eigenvalue weighted by Gasteiger charge is 2.23. The molecule has 0 bridgehead atoms. The number of benzene rings is 2. The Bertz CT molecular complexity index is 1280. The predicted octanol–water partition coefficient (Wildman–Crippen LogP) is 4.05. The molecule has 0 saturated carbocycles. The van der Waals surface area contributed by atoms with E-state index >= 15 is 0 Å². The number of nitro benzene ring substituents is 2. The Morgan fingerprint density at radius 1 is 1.03 bits per heavy atom. The second-order valence-electron chi connectivity index (χ2n) is 9.32. The molecule has 0 aliphatic carbocycles. The van der Waals surface area contributed by atoms with Crippen molar-refractivity contribution < 1.29 is 29.2 Å². The minimum atomic E-state index is -0.609. The van der Waals surface area contributed by atoms with Crippen LogP contribution in [0.25, 0.3) is 0 Å². The van der Waals surface area contributed by atoms with Crippen LogP contribution in [0.5, 0.6) is 11.5 Å². The van der Waals surface area contributed by atoms with E-state index in [-0.39, 0.29) is 29.4 Å². The number of nitrogens with zero attached hydrogens (tertiary/aromatic N) is 4. The topological polar surface area (TPSA) is 179 Å². The van der Waals surface area contributed by atoms with Crippen LogP contribution in [0.3, 0.4) is 0 Å². The number of amides is 1. The van der Waals surface area contributed by atoms with Gasteiger partial charge in [0.2, 0.25) is 0 Å². The number of aliphatic imine (C=N–C) groups is 2. The Morgan fingerprint density at radius 2 is 1.57 bits per heavy atom. The van der Waals surface area contributed by atoms with Gasteiger partial charge in [-0.1, -0.05) is 0 Å². The van der Waals surface area contributed by atoms with E-state index in [1.165, 1.54) is 18.2 Å². The standard InChI is InChI=1S/C16H21N3O5.C8H6N2O3/c1-10(7-18-15(20)24-16(2,3)4)23-14-6-12-9-17-8-11(12)5-13(14)19(21)22;11-8-2-6-4-9-3-5(6)1-7(8)10(12)13/h5-6,8,10H,7,9H2,1-4H3,(H,18,20);1-3,11H,4H2/t10-;/m1./s1. The molecule has 13 nitrogen and oxygen atoms in total. The fourth-order valence-corrected chi connectivity index (χ4v) is 3.44. The fourth-order valence-electron chi connectivity index (χ4n) is 3.44. The number of nitrogens with one attached hydrogen (secondary N) is 1. The van der Waals surface area contributed by atoms with Crippen molar-refractivity contribution in [3.05, 3.63) is 66.7 Å². The predicted molar refractivity (Wildman–Crippen MR) is 135 cm³/mol. The van der Waals surface area contributed by atoms with Crippen molar-refractivity contribution in [1.29, 1.82) is 0 Å². The quantitative estimate of drug-likeness (QED) is 0.429. The summed E-state index contributed by atoms with van der Waals surface area (Å²) in [6.45, 7) is 8.15. The minimum absolute atomic E-state index is 0.119. The van der Waals surface area contributed by atoms with E-state index in [1.54, 1.807) is 46.2 Å². The van der Waals surface area contributed by atoms with Gasteiger partial charge >= 0.3 is 17.5 Å². The molecule has 196 valence electrons. The molecule has 0 radical (unpaired) electrons. The van der Waals surface area contributed by atoms with Crippen molar-refractivity contribution >= 4 is 29.9 Å². The summed E-state index contributed by atoms with van der Waals surface area (Å²) in [6, 6.07) is 5.81. The van der Waals surface area contributed by atoms with Crippen molar-refractivity contribution in [2.75, 3.05) is 6.54 Å². The van der Waals surface area contributed by atoms with Gasteiger partial charge in [0.1, 0.15) is 11.7 Å². The summed E-state index contributed by atoms with van der Waals surface area (Å²) < 4.78 is 10.8. The number of hydrogen-bond donors (Lipinski definition) is 2. The summed E-state index contributed by atoms with van der Waals surface area (Å²) in [6.07, 6.45) is 2.16. The van der Waals surface area contributed by atoms with Gasteiger partial charge in [0, 0.05) is 35.7 Å². The fraction of sp³-hybridized carbons (Fsp3) is 0.375. The number of phenols is 1. The van der Waals surface area contributed by atoms with Crippen LogP contribution in [0.2, 0.25) is 0 Å². The normalized spacial score (nSPS) is 13.6. The van der Waals surface area contributed by atoms with Crippen molar-refractivity contribution in [2.45, 2.75) is 52.5 Å². The molecule has 2 heterocycles. The second-order valence-corrected chi connectivity index (χ2v) is 9.32. The largest absolute Gasteiger partial charge is 0.502 e. The van der Waals surface area contributed by atoms with Crippen LogP contribution < -0.4 is 10.1 Å². The summed E-state index contributed by atoms with van der Waals surface area (Å²) in [7, 11) is 0. The zero-order valence-electron chi connectivity index (χ0n) is 20.8. The van der Waals surface area contributed by atoms with Gasteiger partial charge < -0.3 is 19.9 Å². The van der Waals surface area contributed by atoms with Crippen molar-refractivity contribution in [2.24, 2.45) is 9.98 Å². The van der Waals surface area contributed by atoms with Crippen molar-refractivity contribution in [1.82, 2.24) is 5.32 Å². The van der Waals surface area contributed by atoms with Crippen molar-refractivity contribution in [3.63, 3.8) is 0 Å². The van der Waals surface area contributed by atoms with Crippen LogP contribution in [-0.4, -0.2) is 51.7 Å². The lowest BCUT2D eigenvalue weighted by molar-refractivity contribution is -0.386. The van der Waals surface area contributed by atoms with E-state index in [2.05, 4.69) is 15.3 Å². The number of hydrogen-bond acceptors (Lipinski definition) is 10. The Balaban J connectivity index is 0.000000244. The molecular formula is C24H27N5O8. The maximum atomic E-state index is 11.6. The monoisotopic (exact) mass is 513 g/mol. The van der Waals surface area contributed by atoms with Gasteiger partial charge in [0.15, 0.2) is 11.5 Å². The number of fused-ring (bicyclic) bond motifs is 2. The molecule has 0 aromatic heterocycles. The summed E-state index contributed by atoms with van der Waals surface area (Å²) in [4.78, 5) is 40.2. The number of ether oxygens (including phenoxy) is 2. The van der Waals surface area contributed by atoms with E-state index in [0.717, 1.165) is 16.7 Å².